The molecule has 0 saturated heterocycles. The summed E-state index contributed by atoms with van der Waals surface area (Å²) < 4.78 is 28.2. The van der Waals surface area contributed by atoms with E-state index in [2.05, 4.69) is 6.92 Å². The Bertz CT molecular complexity index is 882. The fourth-order valence-electron chi connectivity index (χ4n) is 4.55. The predicted octanol–water partition coefficient (Wildman–Crippen LogP) is 8.73. The van der Waals surface area contributed by atoms with Crippen LogP contribution in [0.3, 0.4) is 0 Å². The van der Waals surface area contributed by atoms with Crippen LogP contribution in [0.4, 0.5) is 11.4 Å². The van der Waals surface area contributed by atoms with Gasteiger partial charge in [0, 0.05) is 12.2 Å². The molecule has 5 heteroatoms. The average molecular weight is 501 g/mol. The molecule has 2 rings (SSSR count). The molecule has 0 amide bonds. The number of anilines is 2. The lowest BCUT2D eigenvalue weighted by Gasteiger charge is -2.24. The molecule has 196 valence electrons. The maximum atomic E-state index is 13.3. The topological polar surface area (TPSA) is 63.4 Å². The van der Waals surface area contributed by atoms with Crippen molar-refractivity contribution in [1.29, 1.82) is 0 Å². The van der Waals surface area contributed by atoms with Crippen molar-refractivity contribution in [3.8, 4) is 0 Å². The molecule has 0 aliphatic rings. The van der Waals surface area contributed by atoms with E-state index < -0.39 is 10.0 Å². The van der Waals surface area contributed by atoms with Crippen LogP contribution < -0.4 is 10.0 Å². The molecule has 0 heterocycles. The largest absolute Gasteiger partial charge is 0.399 e. The van der Waals surface area contributed by atoms with Crippen molar-refractivity contribution >= 4 is 21.4 Å². The normalized spacial score (nSPS) is 11.6. The highest BCUT2D eigenvalue weighted by Gasteiger charge is 2.24. The van der Waals surface area contributed by atoms with Gasteiger partial charge in [-0.05, 0) is 42.8 Å². The van der Waals surface area contributed by atoms with Crippen molar-refractivity contribution in [3.63, 3.8) is 0 Å². The van der Waals surface area contributed by atoms with Gasteiger partial charge in [-0.1, -0.05) is 121 Å². The smallest absolute Gasteiger partial charge is 0.264 e. The second-order valence-electron chi connectivity index (χ2n) is 9.79. The standard InChI is InChI=1S/C30H48N2O2S/c1-2-3-4-5-6-7-8-9-10-11-12-13-14-15-16-20-27-32(29-21-18-17-19-22-29)35(33,34)30-25-23-28(31)24-26-30/h17-19,21-26H,2-16,20,27,31H2,1H3. The van der Waals surface area contributed by atoms with Crippen molar-refractivity contribution in [2.75, 3.05) is 16.6 Å². The number of para-hydroxylation sites is 1. The number of nitrogen functional groups attached to an aromatic ring is 1. The highest BCUT2D eigenvalue weighted by atomic mass is 32.2. The lowest BCUT2D eigenvalue weighted by molar-refractivity contribution is 0.529. The molecule has 2 N–H and O–H groups in total. The van der Waals surface area contributed by atoms with E-state index in [1.165, 1.54) is 89.9 Å². The first-order chi connectivity index (χ1) is 17.1. The second-order valence-corrected chi connectivity index (χ2v) is 11.6. The summed E-state index contributed by atoms with van der Waals surface area (Å²) in [6.45, 7) is 2.77. The molecule has 4 nitrogen and oxygen atoms in total. The molecule has 0 fully saturated rings. The van der Waals surface area contributed by atoms with E-state index in [1.807, 2.05) is 30.3 Å². The van der Waals surface area contributed by atoms with Crippen LogP contribution in [0.15, 0.2) is 59.5 Å². The molecule has 2 aromatic carbocycles. The molecule has 0 bridgehead atoms. The minimum Gasteiger partial charge on any atom is -0.399 e. The fourth-order valence-corrected chi connectivity index (χ4v) is 6.06. The number of benzene rings is 2. The number of hydrogen-bond donors (Lipinski definition) is 1. The molecule has 0 aliphatic heterocycles. The van der Waals surface area contributed by atoms with Gasteiger partial charge in [0.2, 0.25) is 0 Å². The van der Waals surface area contributed by atoms with Crippen molar-refractivity contribution in [2.45, 2.75) is 115 Å². The van der Waals surface area contributed by atoms with Gasteiger partial charge in [0.25, 0.3) is 10.0 Å². The first-order valence-electron chi connectivity index (χ1n) is 14.0. The van der Waals surface area contributed by atoms with Crippen LogP contribution in [0.5, 0.6) is 0 Å². The Morgan fingerprint density at radius 1 is 0.600 bits per heavy atom. The zero-order chi connectivity index (χ0) is 25.2. The van der Waals surface area contributed by atoms with E-state index >= 15 is 0 Å². The number of hydrogen-bond acceptors (Lipinski definition) is 3. The zero-order valence-electron chi connectivity index (χ0n) is 22.0. The summed E-state index contributed by atoms with van der Waals surface area (Å²) in [5, 5.41) is 0. The summed E-state index contributed by atoms with van der Waals surface area (Å²) in [5.41, 5.74) is 7.03. The Hall–Kier alpha value is -2.01. The molecule has 2 aromatic rings. The molecule has 35 heavy (non-hydrogen) atoms. The third-order valence-electron chi connectivity index (χ3n) is 6.73. The molecule has 0 aliphatic carbocycles. The van der Waals surface area contributed by atoms with Gasteiger partial charge in [0.15, 0.2) is 0 Å². The molecule has 0 aromatic heterocycles. The van der Waals surface area contributed by atoms with Gasteiger partial charge in [0.1, 0.15) is 0 Å². The summed E-state index contributed by atoms with van der Waals surface area (Å²) in [4.78, 5) is 0.284. The Labute approximate surface area is 215 Å². The summed E-state index contributed by atoms with van der Waals surface area (Å²) >= 11 is 0. The summed E-state index contributed by atoms with van der Waals surface area (Å²) in [6, 6.07) is 15.9. The quantitative estimate of drug-likeness (QED) is 0.146. The third-order valence-corrected chi connectivity index (χ3v) is 8.57. The first kappa shape index (κ1) is 29.2. The van der Waals surface area contributed by atoms with Crippen LogP contribution in [0.2, 0.25) is 0 Å². The van der Waals surface area contributed by atoms with Crippen LogP contribution in [0.1, 0.15) is 110 Å². The van der Waals surface area contributed by atoms with Gasteiger partial charge < -0.3 is 5.73 Å². The first-order valence-corrected chi connectivity index (χ1v) is 15.4. The fraction of sp³-hybridized carbons (Fsp3) is 0.600. The van der Waals surface area contributed by atoms with Gasteiger partial charge in [0.05, 0.1) is 10.6 Å². The van der Waals surface area contributed by atoms with Crippen LogP contribution in [0, 0.1) is 0 Å². The monoisotopic (exact) mass is 500 g/mol. The van der Waals surface area contributed by atoms with Crippen molar-refractivity contribution in [3.05, 3.63) is 54.6 Å². The van der Waals surface area contributed by atoms with E-state index in [1.54, 1.807) is 28.6 Å². The SMILES string of the molecule is CCCCCCCCCCCCCCCCCCN(c1ccccc1)S(=O)(=O)c1ccc(N)cc1. The number of sulfonamides is 1. The van der Waals surface area contributed by atoms with Gasteiger partial charge >= 0.3 is 0 Å². The van der Waals surface area contributed by atoms with Gasteiger partial charge in [-0.2, -0.15) is 0 Å². The Morgan fingerprint density at radius 2 is 1.03 bits per heavy atom. The molecule has 0 spiro atoms. The third kappa shape index (κ3) is 11.5. The number of nitrogens with zero attached hydrogens (tertiary/aromatic N) is 1. The number of unbranched alkanes of at least 4 members (excludes halogenated alkanes) is 15. The van der Waals surface area contributed by atoms with Gasteiger partial charge in [-0.25, -0.2) is 8.42 Å². The Kier molecular flexibility index (Phi) is 14.5. The molecule has 0 atom stereocenters. The highest BCUT2D eigenvalue weighted by molar-refractivity contribution is 7.92. The second kappa shape index (κ2) is 17.4. The van der Waals surface area contributed by atoms with Crippen LogP contribution in [0.25, 0.3) is 0 Å². The Balaban J connectivity index is 1.62. The number of nitrogens with two attached hydrogens (primary N) is 1. The molecule has 0 unspecified atom stereocenters. The van der Waals surface area contributed by atoms with E-state index in [-0.39, 0.29) is 4.90 Å². The van der Waals surface area contributed by atoms with E-state index in [0.717, 1.165) is 12.8 Å². The lowest BCUT2D eigenvalue weighted by Crippen LogP contribution is -2.32. The summed E-state index contributed by atoms with van der Waals surface area (Å²) in [6.07, 6.45) is 20.9. The van der Waals surface area contributed by atoms with E-state index in [4.69, 9.17) is 5.73 Å². The summed E-state index contributed by atoms with van der Waals surface area (Å²) in [7, 11) is -3.61. The van der Waals surface area contributed by atoms with Crippen molar-refractivity contribution in [2.24, 2.45) is 0 Å². The van der Waals surface area contributed by atoms with Crippen LogP contribution >= 0.6 is 0 Å². The average Bonchev–Trinajstić information content (AvgIpc) is 2.86. The van der Waals surface area contributed by atoms with Gasteiger partial charge in [-0.15, -0.1) is 0 Å². The molecule has 0 saturated carbocycles. The predicted molar refractivity (Wildman–Crippen MR) is 151 cm³/mol. The zero-order valence-corrected chi connectivity index (χ0v) is 22.8. The molecular formula is C30H48N2O2S. The minimum atomic E-state index is -3.61. The summed E-state index contributed by atoms with van der Waals surface area (Å²) in [5.74, 6) is 0. The highest BCUT2D eigenvalue weighted by Crippen LogP contribution is 2.25. The van der Waals surface area contributed by atoms with Crippen molar-refractivity contribution < 1.29 is 8.42 Å². The number of rotatable bonds is 20. The molecular weight excluding hydrogens is 452 g/mol. The maximum Gasteiger partial charge on any atom is 0.264 e. The van der Waals surface area contributed by atoms with Crippen LogP contribution in [-0.4, -0.2) is 15.0 Å². The van der Waals surface area contributed by atoms with E-state index in [0.29, 0.717) is 17.9 Å². The van der Waals surface area contributed by atoms with Crippen LogP contribution in [-0.2, 0) is 10.0 Å². The van der Waals surface area contributed by atoms with E-state index in [9.17, 15) is 8.42 Å². The minimum absolute atomic E-state index is 0.284. The van der Waals surface area contributed by atoms with Crippen molar-refractivity contribution in [1.82, 2.24) is 0 Å². The van der Waals surface area contributed by atoms with Gasteiger partial charge in [-0.3, -0.25) is 4.31 Å². The Morgan fingerprint density at radius 3 is 1.49 bits per heavy atom. The lowest BCUT2D eigenvalue weighted by atomic mass is 10.0. The maximum absolute atomic E-state index is 13.3. The molecule has 0 radical (unpaired) electrons.